The van der Waals surface area contributed by atoms with Gasteiger partial charge in [0.05, 0.1) is 12.0 Å². The van der Waals surface area contributed by atoms with E-state index in [0.29, 0.717) is 38.6 Å². The predicted molar refractivity (Wildman–Crippen MR) is 85.9 cm³/mol. The number of rotatable bonds is 6. The molecule has 6 nitrogen and oxygen atoms in total. The Morgan fingerprint density at radius 1 is 1.13 bits per heavy atom. The molecule has 1 aromatic carbocycles. The molecule has 1 aliphatic rings. The van der Waals surface area contributed by atoms with E-state index in [0.717, 1.165) is 5.56 Å². The second kappa shape index (κ2) is 8.53. The Morgan fingerprint density at radius 2 is 1.78 bits per heavy atom. The molecule has 0 heterocycles. The summed E-state index contributed by atoms with van der Waals surface area (Å²) in [6.07, 6.45) is 2.44. The third-order valence-corrected chi connectivity index (χ3v) is 4.30. The number of hydrogen-bond donors (Lipinski definition) is 4. The lowest BCUT2D eigenvalue weighted by Gasteiger charge is -2.26. The van der Waals surface area contributed by atoms with Crippen molar-refractivity contribution in [2.45, 2.75) is 44.2 Å². The standard InChI is InChI=1S/C17H24N2O4/c20-15(12-4-2-1-3-5-12)10-11-18-17(23)19-14-8-6-13(7-9-14)16(21)22/h1-5,13-15,20H,6-11H2,(H,21,22)(H2,18,19,23). The van der Waals surface area contributed by atoms with Crippen LogP contribution in [0.4, 0.5) is 4.79 Å². The highest BCUT2D eigenvalue weighted by atomic mass is 16.4. The van der Waals surface area contributed by atoms with Gasteiger partial charge in [0.25, 0.3) is 0 Å². The number of nitrogens with one attached hydrogen (secondary N) is 2. The molecule has 1 unspecified atom stereocenters. The van der Waals surface area contributed by atoms with E-state index in [1.807, 2.05) is 30.3 Å². The summed E-state index contributed by atoms with van der Waals surface area (Å²) >= 11 is 0. The molecule has 1 aliphatic carbocycles. The predicted octanol–water partition coefficient (Wildman–Crippen LogP) is 2.05. The van der Waals surface area contributed by atoms with Crippen LogP contribution in [-0.2, 0) is 4.79 Å². The summed E-state index contributed by atoms with van der Waals surface area (Å²) < 4.78 is 0. The van der Waals surface area contributed by atoms with Gasteiger partial charge in [-0.25, -0.2) is 4.79 Å². The van der Waals surface area contributed by atoms with Gasteiger partial charge in [-0.1, -0.05) is 30.3 Å². The molecule has 6 heteroatoms. The van der Waals surface area contributed by atoms with Crippen molar-refractivity contribution in [1.29, 1.82) is 0 Å². The number of benzene rings is 1. The first-order chi connectivity index (χ1) is 11.1. The van der Waals surface area contributed by atoms with E-state index in [2.05, 4.69) is 10.6 Å². The SMILES string of the molecule is O=C(NCCC(O)c1ccccc1)NC1CCC(C(=O)O)CC1. The Bertz CT molecular complexity index is 513. The summed E-state index contributed by atoms with van der Waals surface area (Å²) in [6.45, 7) is 0.381. The number of carboxylic acid groups (broad SMARTS) is 1. The zero-order chi connectivity index (χ0) is 16.7. The number of carboxylic acids is 1. The summed E-state index contributed by atoms with van der Waals surface area (Å²) in [5.74, 6) is -1.03. The van der Waals surface area contributed by atoms with E-state index >= 15 is 0 Å². The lowest BCUT2D eigenvalue weighted by Crippen LogP contribution is -2.44. The Labute approximate surface area is 135 Å². The molecule has 1 saturated carbocycles. The number of carbonyl (C=O) groups is 2. The molecule has 0 spiro atoms. The topological polar surface area (TPSA) is 98.7 Å². The Morgan fingerprint density at radius 3 is 2.39 bits per heavy atom. The van der Waals surface area contributed by atoms with Gasteiger partial charge in [-0.3, -0.25) is 4.79 Å². The van der Waals surface area contributed by atoms with Crippen LogP contribution in [0.3, 0.4) is 0 Å². The molecule has 0 radical (unpaired) electrons. The highest BCUT2D eigenvalue weighted by molar-refractivity contribution is 5.74. The van der Waals surface area contributed by atoms with Crippen LogP contribution in [0.2, 0.25) is 0 Å². The first-order valence-electron chi connectivity index (χ1n) is 8.06. The van der Waals surface area contributed by atoms with Gasteiger partial charge in [0.15, 0.2) is 0 Å². The smallest absolute Gasteiger partial charge is 0.315 e. The monoisotopic (exact) mass is 320 g/mol. The summed E-state index contributed by atoms with van der Waals surface area (Å²) in [4.78, 5) is 22.7. The lowest BCUT2D eigenvalue weighted by atomic mass is 9.86. The maximum atomic E-state index is 11.8. The first kappa shape index (κ1) is 17.3. The van der Waals surface area contributed by atoms with Crippen molar-refractivity contribution in [3.8, 4) is 0 Å². The second-order valence-corrected chi connectivity index (χ2v) is 6.00. The van der Waals surface area contributed by atoms with E-state index in [1.165, 1.54) is 0 Å². The third-order valence-electron chi connectivity index (χ3n) is 4.30. The van der Waals surface area contributed by atoms with Crippen LogP contribution in [0.1, 0.15) is 43.8 Å². The second-order valence-electron chi connectivity index (χ2n) is 6.00. The normalized spacial score (nSPS) is 22.1. The molecule has 126 valence electrons. The van der Waals surface area contributed by atoms with Gasteiger partial charge < -0.3 is 20.8 Å². The molecule has 2 rings (SSSR count). The van der Waals surface area contributed by atoms with Crippen molar-refractivity contribution in [1.82, 2.24) is 10.6 Å². The molecular weight excluding hydrogens is 296 g/mol. The number of hydrogen-bond acceptors (Lipinski definition) is 3. The quantitative estimate of drug-likeness (QED) is 0.645. The average Bonchev–Trinajstić information content (AvgIpc) is 2.56. The third kappa shape index (κ3) is 5.56. The Hall–Kier alpha value is -2.08. The molecule has 2 amide bonds. The van der Waals surface area contributed by atoms with E-state index in [4.69, 9.17) is 5.11 Å². The molecule has 0 aromatic heterocycles. The minimum Gasteiger partial charge on any atom is -0.481 e. The fourth-order valence-electron chi connectivity index (χ4n) is 2.89. The average molecular weight is 320 g/mol. The van der Waals surface area contributed by atoms with Gasteiger partial charge in [-0.05, 0) is 37.7 Å². The number of amides is 2. The van der Waals surface area contributed by atoms with Crippen molar-refractivity contribution >= 4 is 12.0 Å². The van der Waals surface area contributed by atoms with Crippen molar-refractivity contribution < 1.29 is 19.8 Å². The van der Waals surface area contributed by atoms with E-state index in [1.54, 1.807) is 0 Å². The van der Waals surface area contributed by atoms with E-state index in [9.17, 15) is 14.7 Å². The zero-order valence-corrected chi connectivity index (χ0v) is 13.1. The largest absolute Gasteiger partial charge is 0.481 e. The molecule has 1 fully saturated rings. The lowest BCUT2D eigenvalue weighted by molar-refractivity contribution is -0.142. The van der Waals surface area contributed by atoms with Crippen LogP contribution >= 0.6 is 0 Å². The van der Waals surface area contributed by atoms with Crippen molar-refractivity contribution in [3.63, 3.8) is 0 Å². The number of aliphatic hydroxyl groups excluding tert-OH is 1. The molecule has 0 saturated heterocycles. The molecular formula is C17H24N2O4. The van der Waals surface area contributed by atoms with Crippen molar-refractivity contribution in [2.75, 3.05) is 6.54 Å². The van der Waals surface area contributed by atoms with Gasteiger partial charge >= 0.3 is 12.0 Å². The molecule has 4 N–H and O–H groups in total. The van der Waals surface area contributed by atoms with Crippen molar-refractivity contribution in [2.24, 2.45) is 5.92 Å². The van der Waals surface area contributed by atoms with Gasteiger partial charge in [0, 0.05) is 12.6 Å². The summed E-state index contributed by atoms with van der Waals surface area (Å²) in [5, 5.41) is 24.6. The first-order valence-corrected chi connectivity index (χ1v) is 8.06. The zero-order valence-electron chi connectivity index (χ0n) is 13.1. The minimum atomic E-state index is -0.747. The molecule has 0 aliphatic heterocycles. The number of aliphatic carboxylic acids is 1. The van der Waals surface area contributed by atoms with Gasteiger partial charge in [0.1, 0.15) is 0 Å². The fourth-order valence-corrected chi connectivity index (χ4v) is 2.89. The van der Waals surface area contributed by atoms with Crippen LogP contribution in [0.5, 0.6) is 0 Å². The highest BCUT2D eigenvalue weighted by Gasteiger charge is 2.26. The minimum absolute atomic E-state index is 0.0321. The van der Waals surface area contributed by atoms with E-state index < -0.39 is 12.1 Å². The molecule has 1 atom stereocenters. The number of carbonyl (C=O) groups excluding carboxylic acids is 1. The molecule has 23 heavy (non-hydrogen) atoms. The maximum Gasteiger partial charge on any atom is 0.315 e. The maximum absolute atomic E-state index is 11.8. The van der Waals surface area contributed by atoms with Crippen LogP contribution in [0, 0.1) is 5.92 Å². The van der Waals surface area contributed by atoms with Crippen LogP contribution in [-0.4, -0.2) is 34.8 Å². The van der Waals surface area contributed by atoms with Gasteiger partial charge in [-0.15, -0.1) is 0 Å². The highest BCUT2D eigenvalue weighted by Crippen LogP contribution is 2.24. The summed E-state index contributed by atoms with van der Waals surface area (Å²) in [7, 11) is 0. The number of aliphatic hydroxyl groups is 1. The summed E-state index contributed by atoms with van der Waals surface area (Å²) in [6, 6.07) is 9.10. The summed E-state index contributed by atoms with van der Waals surface area (Å²) in [5.41, 5.74) is 0.835. The fraction of sp³-hybridized carbons (Fsp3) is 0.529. The van der Waals surface area contributed by atoms with Gasteiger partial charge in [0.2, 0.25) is 0 Å². The van der Waals surface area contributed by atoms with Crippen molar-refractivity contribution in [3.05, 3.63) is 35.9 Å². The van der Waals surface area contributed by atoms with Crippen LogP contribution < -0.4 is 10.6 Å². The van der Waals surface area contributed by atoms with Crippen LogP contribution in [0.15, 0.2) is 30.3 Å². The molecule has 0 bridgehead atoms. The number of urea groups is 1. The Kier molecular flexibility index (Phi) is 6.40. The Balaban J connectivity index is 1.63. The molecule has 1 aromatic rings. The van der Waals surface area contributed by atoms with Crippen LogP contribution in [0.25, 0.3) is 0 Å². The van der Waals surface area contributed by atoms with E-state index in [-0.39, 0.29) is 18.0 Å². The van der Waals surface area contributed by atoms with Gasteiger partial charge in [-0.2, -0.15) is 0 Å².